The van der Waals surface area contributed by atoms with E-state index in [4.69, 9.17) is 22.1 Å². The first-order chi connectivity index (χ1) is 8.29. The molecule has 1 aromatic carbocycles. The average molecular weight is 282 g/mol. The van der Waals surface area contributed by atoms with Gasteiger partial charge in [-0.2, -0.15) is 13.2 Å². The topological polar surface area (TPSA) is 35.2 Å². The molecule has 0 aliphatic heterocycles. The van der Waals surface area contributed by atoms with Crippen molar-refractivity contribution in [3.63, 3.8) is 0 Å². The lowest BCUT2D eigenvalue weighted by molar-refractivity contribution is -0.136. The molecule has 0 aromatic heterocycles. The summed E-state index contributed by atoms with van der Waals surface area (Å²) in [5.74, 6) is 0.378. The lowest BCUT2D eigenvalue weighted by Crippen LogP contribution is -2.10. The lowest BCUT2D eigenvalue weighted by Gasteiger charge is -2.11. The Labute approximate surface area is 109 Å². The van der Waals surface area contributed by atoms with Gasteiger partial charge < -0.3 is 10.5 Å². The van der Waals surface area contributed by atoms with Crippen LogP contribution in [0.3, 0.4) is 0 Å². The molecule has 0 fully saturated rings. The maximum absolute atomic E-state index is 11.9. The first kappa shape index (κ1) is 15.1. The van der Waals surface area contributed by atoms with E-state index in [1.807, 2.05) is 6.92 Å². The van der Waals surface area contributed by atoms with Gasteiger partial charge in [0, 0.05) is 12.5 Å². The molecule has 0 unspecified atom stereocenters. The second-order valence-electron chi connectivity index (χ2n) is 4.05. The normalized spacial score (nSPS) is 13.4. The molecule has 2 N–H and O–H groups in total. The lowest BCUT2D eigenvalue weighted by atomic mass is 10.1. The third-order valence-electron chi connectivity index (χ3n) is 2.34. The van der Waals surface area contributed by atoms with Crippen LogP contribution in [-0.2, 0) is 0 Å². The van der Waals surface area contributed by atoms with Gasteiger partial charge in [0.2, 0.25) is 0 Å². The molecule has 0 aliphatic carbocycles. The number of hydrogen-bond acceptors (Lipinski definition) is 2. The van der Waals surface area contributed by atoms with Crippen LogP contribution in [0.4, 0.5) is 13.2 Å². The zero-order chi connectivity index (χ0) is 13.8. The fourth-order valence-electron chi connectivity index (χ4n) is 1.37. The Morgan fingerprint density at radius 2 is 2.06 bits per heavy atom. The summed E-state index contributed by atoms with van der Waals surface area (Å²) >= 11 is 5.94. The highest BCUT2D eigenvalue weighted by Gasteiger charge is 2.26. The number of nitrogens with two attached hydrogens (primary N) is 1. The Hall–Kier alpha value is -0.940. The van der Waals surface area contributed by atoms with E-state index in [2.05, 4.69) is 0 Å². The van der Waals surface area contributed by atoms with Crippen molar-refractivity contribution in [3.05, 3.63) is 28.8 Å². The average Bonchev–Trinajstić information content (AvgIpc) is 2.24. The summed E-state index contributed by atoms with van der Waals surface area (Å²) in [4.78, 5) is 0. The fourth-order valence-corrected chi connectivity index (χ4v) is 1.62. The molecule has 0 radical (unpaired) electrons. The third kappa shape index (κ3) is 5.14. The Balaban J connectivity index is 2.48. The van der Waals surface area contributed by atoms with Crippen molar-refractivity contribution < 1.29 is 17.9 Å². The van der Waals surface area contributed by atoms with E-state index in [0.29, 0.717) is 10.8 Å². The van der Waals surface area contributed by atoms with E-state index >= 15 is 0 Å². The maximum Gasteiger partial charge on any atom is 0.389 e. The number of rotatable bonds is 5. The fraction of sp³-hybridized carbons (Fsp3) is 0.500. The van der Waals surface area contributed by atoms with Gasteiger partial charge >= 0.3 is 6.18 Å². The highest BCUT2D eigenvalue weighted by molar-refractivity contribution is 6.32. The summed E-state index contributed by atoms with van der Waals surface area (Å²) in [6, 6.07) is 4.87. The van der Waals surface area contributed by atoms with Gasteiger partial charge in [0.15, 0.2) is 0 Å². The molecule has 6 heteroatoms. The smallest absolute Gasteiger partial charge is 0.389 e. The first-order valence-electron chi connectivity index (χ1n) is 5.54. The van der Waals surface area contributed by atoms with Gasteiger partial charge in [0.1, 0.15) is 5.75 Å². The summed E-state index contributed by atoms with van der Waals surface area (Å²) in [5.41, 5.74) is 6.53. The van der Waals surface area contributed by atoms with E-state index in [9.17, 15) is 13.2 Å². The minimum Gasteiger partial charge on any atom is -0.492 e. The molecule has 0 amide bonds. The third-order valence-corrected chi connectivity index (χ3v) is 2.64. The summed E-state index contributed by atoms with van der Waals surface area (Å²) in [6.45, 7) is 1.80. The van der Waals surface area contributed by atoms with Gasteiger partial charge in [-0.3, -0.25) is 0 Å². The highest BCUT2D eigenvalue weighted by Crippen LogP contribution is 2.28. The molecule has 18 heavy (non-hydrogen) atoms. The highest BCUT2D eigenvalue weighted by atomic mass is 35.5. The molecular formula is C12H15ClF3NO. The van der Waals surface area contributed by atoms with Crippen LogP contribution in [0, 0.1) is 0 Å². The monoisotopic (exact) mass is 281 g/mol. The second kappa shape index (κ2) is 6.29. The van der Waals surface area contributed by atoms with Gasteiger partial charge in [-0.1, -0.05) is 17.7 Å². The number of hydrogen-bond donors (Lipinski definition) is 1. The molecule has 0 aliphatic rings. The van der Waals surface area contributed by atoms with Crippen LogP contribution in [0.15, 0.2) is 18.2 Å². The zero-order valence-corrected chi connectivity index (χ0v) is 10.7. The van der Waals surface area contributed by atoms with Crippen LogP contribution in [0.2, 0.25) is 5.02 Å². The zero-order valence-electron chi connectivity index (χ0n) is 9.93. The van der Waals surface area contributed by atoms with Crippen molar-refractivity contribution in [1.82, 2.24) is 0 Å². The van der Waals surface area contributed by atoms with Crippen LogP contribution in [0.1, 0.15) is 31.4 Å². The molecule has 0 heterocycles. The SMILES string of the molecule is C[C@@H](N)c1ccc(OCCCC(F)(F)F)c(Cl)c1. The summed E-state index contributed by atoms with van der Waals surface area (Å²) in [7, 11) is 0. The Bertz CT molecular complexity index is 393. The maximum atomic E-state index is 11.9. The number of benzene rings is 1. The Morgan fingerprint density at radius 3 is 2.56 bits per heavy atom. The van der Waals surface area contributed by atoms with Crippen LogP contribution < -0.4 is 10.5 Å². The van der Waals surface area contributed by atoms with Gasteiger partial charge in [-0.15, -0.1) is 0 Å². The predicted molar refractivity (Wildman–Crippen MR) is 64.8 cm³/mol. The molecule has 1 aromatic rings. The van der Waals surface area contributed by atoms with Gasteiger partial charge in [0.05, 0.1) is 11.6 Å². The molecule has 1 atom stereocenters. The van der Waals surface area contributed by atoms with Crippen LogP contribution in [0.5, 0.6) is 5.75 Å². The van der Waals surface area contributed by atoms with Crippen LogP contribution >= 0.6 is 11.6 Å². The molecule has 0 saturated heterocycles. The molecule has 0 saturated carbocycles. The molecular weight excluding hydrogens is 267 g/mol. The first-order valence-corrected chi connectivity index (χ1v) is 5.92. The quantitative estimate of drug-likeness (QED) is 0.825. The van der Waals surface area contributed by atoms with Crippen LogP contribution in [-0.4, -0.2) is 12.8 Å². The molecule has 0 spiro atoms. The Morgan fingerprint density at radius 1 is 1.39 bits per heavy atom. The summed E-state index contributed by atoms with van der Waals surface area (Å²) in [6.07, 6.45) is -5.09. The molecule has 0 bridgehead atoms. The van der Waals surface area contributed by atoms with Crippen molar-refractivity contribution in [1.29, 1.82) is 0 Å². The summed E-state index contributed by atoms with van der Waals surface area (Å²) in [5, 5.41) is 0.358. The van der Waals surface area contributed by atoms with E-state index in [0.717, 1.165) is 5.56 Å². The molecule has 1 rings (SSSR count). The van der Waals surface area contributed by atoms with E-state index < -0.39 is 12.6 Å². The predicted octanol–water partition coefficient (Wildman–Crippen LogP) is 4.08. The van der Waals surface area contributed by atoms with E-state index in [1.165, 1.54) is 0 Å². The van der Waals surface area contributed by atoms with Gasteiger partial charge in [-0.25, -0.2) is 0 Å². The number of alkyl halides is 3. The van der Waals surface area contributed by atoms with Crippen molar-refractivity contribution >= 4 is 11.6 Å². The van der Waals surface area contributed by atoms with Crippen molar-refractivity contribution in [2.24, 2.45) is 5.73 Å². The van der Waals surface area contributed by atoms with Crippen molar-refractivity contribution in [2.45, 2.75) is 32.0 Å². The molecule has 2 nitrogen and oxygen atoms in total. The second-order valence-corrected chi connectivity index (χ2v) is 4.45. The van der Waals surface area contributed by atoms with Crippen LogP contribution in [0.25, 0.3) is 0 Å². The molecule has 102 valence electrons. The number of ether oxygens (including phenoxy) is 1. The van der Waals surface area contributed by atoms with Gasteiger partial charge in [-0.05, 0) is 31.0 Å². The number of halogens is 4. The largest absolute Gasteiger partial charge is 0.492 e. The van der Waals surface area contributed by atoms with E-state index in [-0.39, 0.29) is 19.1 Å². The van der Waals surface area contributed by atoms with Crippen molar-refractivity contribution in [2.75, 3.05) is 6.61 Å². The van der Waals surface area contributed by atoms with E-state index in [1.54, 1.807) is 18.2 Å². The van der Waals surface area contributed by atoms with Gasteiger partial charge in [0.25, 0.3) is 0 Å². The standard InChI is InChI=1S/C12H15ClF3NO/c1-8(17)9-3-4-11(10(13)7-9)18-6-2-5-12(14,15)16/h3-4,7-8H,2,5-6,17H2,1H3/t8-/m1/s1. The van der Waals surface area contributed by atoms with Crippen molar-refractivity contribution in [3.8, 4) is 5.75 Å². The minimum absolute atomic E-state index is 0.0171. The minimum atomic E-state index is -4.15. The Kier molecular flexibility index (Phi) is 5.28. The summed E-state index contributed by atoms with van der Waals surface area (Å²) < 4.78 is 40.9.